The SMILES string of the molecule is CON=Cc1cccc(-c2ccc(-c3cc(C(=O)O)c4nc(C)[nH]c4c3)cc2)c1. The second kappa shape index (κ2) is 7.59. The number of aromatic amines is 1. The van der Waals surface area contributed by atoms with Crippen molar-refractivity contribution in [1.29, 1.82) is 0 Å². The van der Waals surface area contributed by atoms with Crippen LogP contribution >= 0.6 is 0 Å². The fourth-order valence-electron chi connectivity index (χ4n) is 3.34. The van der Waals surface area contributed by atoms with E-state index in [2.05, 4.69) is 15.1 Å². The van der Waals surface area contributed by atoms with Gasteiger partial charge in [-0.05, 0) is 52.9 Å². The number of nitrogens with zero attached hydrogens (tertiary/aromatic N) is 2. The number of H-pyrrole nitrogens is 1. The van der Waals surface area contributed by atoms with Gasteiger partial charge in [0.2, 0.25) is 0 Å². The molecule has 0 saturated heterocycles. The van der Waals surface area contributed by atoms with E-state index in [0.717, 1.165) is 27.8 Å². The Kier molecular flexibility index (Phi) is 4.83. The summed E-state index contributed by atoms with van der Waals surface area (Å²) < 4.78 is 0. The standard InChI is InChI=1S/C23H19N3O3/c1-14-25-21-12-19(11-20(23(27)28)22(21)26-14)17-8-6-16(7-9-17)18-5-3-4-15(10-18)13-24-29-2/h3-13H,1-2H3,(H,25,26)(H,27,28). The maximum Gasteiger partial charge on any atom is 0.337 e. The number of oxime groups is 1. The molecule has 0 spiro atoms. The molecule has 2 N–H and O–H groups in total. The minimum Gasteiger partial charge on any atom is -0.478 e. The van der Waals surface area contributed by atoms with Crippen LogP contribution in [0.3, 0.4) is 0 Å². The van der Waals surface area contributed by atoms with Crippen LogP contribution in [-0.4, -0.2) is 34.4 Å². The Morgan fingerprint density at radius 2 is 1.76 bits per heavy atom. The number of hydrogen-bond donors (Lipinski definition) is 2. The predicted octanol–water partition coefficient (Wildman–Crippen LogP) is 4.88. The summed E-state index contributed by atoms with van der Waals surface area (Å²) in [6.07, 6.45) is 1.66. The molecule has 1 aromatic heterocycles. The van der Waals surface area contributed by atoms with Crippen molar-refractivity contribution >= 4 is 23.2 Å². The van der Waals surface area contributed by atoms with Crippen LogP contribution in [-0.2, 0) is 4.84 Å². The molecule has 4 aromatic rings. The zero-order chi connectivity index (χ0) is 20.4. The smallest absolute Gasteiger partial charge is 0.337 e. The van der Waals surface area contributed by atoms with Gasteiger partial charge in [-0.15, -0.1) is 0 Å². The van der Waals surface area contributed by atoms with Crippen molar-refractivity contribution in [2.24, 2.45) is 5.16 Å². The summed E-state index contributed by atoms with van der Waals surface area (Å²) in [5.41, 5.74) is 6.20. The number of benzene rings is 3. The lowest BCUT2D eigenvalue weighted by molar-refractivity contribution is 0.0699. The van der Waals surface area contributed by atoms with E-state index in [1.54, 1.807) is 12.3 Å². The molecule has 0 fully saturated rings. The number of fused-ring (bicyclic) bond motifs is 1. The van der Waals surface area contributed by atoms with Crippen molar-refractivity contribution in [2.45, 2.75) is 6.92 Å². The second-order valence-electron chi connectivity index (χ2n) is 6.67. The molecule has 1 heterocycles. The van der Waals surface area contributed by atoms with Crippen LogP contribution in [0, 0.1) is 6.92 Å². The van der Waals surface area contributed by atoms with Gasteiger partial charge >= 0.3 is 5.97 Å². The van der Waals surface area contributed by atoms with E-state index in [1.807, 2.05) is 61.5 Å². The van der Waals surface area contributed by atoms with Gasteiger partial charge in [0, 0.05) is 0 Å². The summed E-state index contributed by atoms with van der Waals surface area (Å²) in [6.45, 7) is 1.81. The number of aryl methyl sites for hydroxylation is 1. The predicted molar refractivity (Wildman–Crippen MR) is 113 cm³/mol. The lowest BCUT2D eigenvalue weighted by Gasteiger charge is -2.07. The Hall–Kier alpha value is -3.93. The molecule has 0 aliphatic rings. The lowest BCUT2D eigenvalue weighted by Crippen LogP contribution is -1.98. The maximum absolute atomic E-state index is 11.7. The van der Waals surface area contributed by atoms with Gasteiger partial charge in [-0.1, -0.05) is 47.6 Å². The molecular weight excluding hydrogens is 366 g/mol. The molecule has 3 aromatic carbocycles. The highest BCUT2D eigenvalue weighted by Crippen LogP contribution is 2.29. The Morgan fingerprint density at radius 1 is 1.03 bits per heavy atom. The van der Waals surface area contributed by atoms with Crippen molar-refractivity contribution in [3.63, 3.8) is 0 Å². The van der Waals surface area contributed by atoms with Crippen LogP contribution in [0.25, 0.3) is 33.3 Å². The normalized spacial score (nSPS) is 11.2. The summed E-state index contributed by atoms with van der Waals surface area (Å²) in [7, 11) is 1.51. The Morgan fingerprint density at radius 3 is 2.45 bits per heavy atom. The van der Waals surface area contributed by atoms with Gasteiger partial charge in [0.15, 0.2) is 0 Å². The zero-order valence-corrected chi connectivity index (χ0v) is 16.0. The quantitative estimate of drug-likeness (QED) is 0.378. The van der Waals surface area contributed by atoms with E-state index in [4.69, 9.17) is 4.84 Å². The zero-order valence-electron chi connectivity index (χ0n) is 16.0. The van der Waals surface area contributed by atoms with Crippen LogP contribution in [0.2, 0.25) is 0 Å². The largest absolute Gasteiger partial charge is 0.478 e. The molecule has 144 valence electrons. The molecule has 0 bridgehead atoms. The number of carboxylic acid groups (broad SMARTS) is 1. The van der Waals surface area contributed by atoms with E-state index in [0.29, 0.717) is 16.9 Å². The molecule has 0 unspecified atom stereocenters. The van der Waals surface area contributed by atoms with Gasteiger partial charge in [-0.2, -0.15) is 0 Å². The number of aromatic nitrogens is 2. The van der Waals surface area contributed by atoms with Crippen molar-refractivity contribution in [1.82, 2.24) is 9.97 Å². The van der Waals surface area contributed by atoms with E-state index >= 15 is 0 Å². The van der Waals surface area contributed by atoms with Gasteiger partial charge in [-0.3, -0.25) is 0 Å². The minimum absolute atomic E-state index is 0.191. The van der Waals surface area contributed by atoms with Gasteiger partial charge in [0.25, 0.3) is 0 Å². The van der Waals surface area contributed by atoms with Gasteiger partial charge in [0.1, 0.15) is 18.5 Å². The van der Waals surface area contributed by atoms with Crippen molar-refractivity contribution < 1.29 is 14.7 Å². The number of nitrogens with one attached hydrogen (secondary N) is 1. The van der Waals surface area contributed by atoms with Gasteiger partial charge in [-0.25, -0.2) is 9.78 Å². The first-order chi connectivity index (χ1) is 14.0. The van der Waals surface area contributed by atoms with Crippen LogP contribution in [0.5, 0.6) is 0 Å². The Balaban J connectivity index is 1.71. The highest BCUT2D eigenvalue weighted by molar-refractivity contribution is 6.03. The highest BCUT2D eigenvalue weighted by Gasteiger charge is 2.14. The molecule has 0 radical (unpaired) electrons. The van der Waals surface area contributed by atoms with E-state index in [-0.39, 0.29) is 5.56 Å². The Labute approximate surface area is 167 Å². The number of rotatable bonds is 5. The van der Waals surface area contributed by atoms with Crippen molar-refractivity contribution in [2.75, 3.05) is 7.11 Å². The molecule has 0 aliphatic heterocycles. The molecule has 29 heavy (non-hydrogen) atoms. The molecule has 0 amide bonds. The molecule has 4 rings (SSSR count). The van der Waals surface area contributed by atoms with Gasteiger partial charge in [0.05, 0.1) is 17.3 Å². The minimum atomic E-state index is -0.991. The third kappa shape index (κ3) is 3.73. The van der Waals surface area contributed by atoms with Crippen LogP contribution in [0.4, 0.5) is 0 Å². The number of imidazole rings is 1. The van der Waals surface area contributed by atoms with E-state index in [1.165, 1.54) is 7.11 Å². The molecule has 6 nitrogen and oxygen atoms in total. The monoisotopic (exact) mass is 385 g/mol. The lowest BCUT2D eigenvalue weighted by atomic mass is 9.98. The topological polar surface area (TPSA) is 87.6 Å². The average molecular weight is 385 g/mol. The maximum atomic E-state index is 11.7. The summed E-state index contributed by atoms with van der Waals surface area (Å²) in [4.78, 5) is 23.8. The summed E-state index contributed by atoms with van der Waals surface area (Å²) in [6, 6.07) is 19.6. The molecule has 0 atom stereocenters. The fourth-order valence-corrected chi connectivity index (χ4v) is 3.34. The van der Waals surface area contributed by atoms with Crippen molar-refractivity contribution in [3.8, 4) is 22.3 Å². The fraction of sp³-hybridized carbons (Fsp3) is 0.0870. The Bertz CT molecular complexity index is 1220. The first-order valence-electron chi connectivity index (χ1n) is 9.06. The van der Waals surface area contributed by atoms with Crippen LogP contribution in [0.15, 0.2) is 65.8 Å². The van der Waals surface area contributed by atoms with E-state index < -0.39 is 5.97 Å². The third-order valence-corrected chi connectivity index (χ3v) is 4.68. The molecule has 0 saturated carbocycles. The summed E-state index contributed by atoms with van der Waals surface area (Å²) >= 11 is 0. The first-order valence-corrected chi connectivity index (χ1v) is 9.06. The number of aromatic carboxylic acids is 1. The number of hydrogen-bond acceptors (Lipinski definition) is 4. The summed E-state index contributed by atoms with van der Waals surface area (Å²) in [5.74, 6) is -0.304. The number of carboxylic acids is 1. The van der Waals surface area contributed by atoms with Crippen LogP contribution < -0.4 is 0 Å². The third-order valence-electron chi connectivity index (χ3n) is 4.68. The van der Waals surface area contributed by atoms with Crippen LogP contribution in [0.1, 0.15) is 21.7 Å². The highest BCUT2D eigenvalue weighted by atomic mass is 16.6. The van der Waals surface area contributed by atoms with Gasteiger partial charge < -0.3 is 14.9 Å². The number of carbonyl (C=O) groups is 1. The molecule has 0 aliphatic carbocycles. The molecular formula is C23H19N3O3. The molecule has 6 heteroatoms. The summed E-state index contributed by atoms with van der Waals surface area (Å²) in [5, 5.41) is 13.4. The first kappa shape index (κ1) is 18.4. The van der Waals surface area contributed by atoms with E-state index in [9.17, 15) is 9.90 Å². The second-order valence-corrected chi connectivity index (χ2v) is 6.67. The van der Waals surface area contributed by atoms with Crippen molar-refractivity contribution in [3.05, 3.63) is 77.6 Å². The average Bonchev–Trinajstić information content (AvgIpc) is 3.11.